The van der Waals surface area contributed by atoms with E-state index in [1.165, 1.54) is 70.9 Å². The fourth-order valence-electron chi connectivity index (χ4n) is 5.29. The second-order valence-corrected chi connectivity index (χ2v) is 8.58. The summed E-state index contributed by atoms with van der Waals surface area (Å²) in [4.78, 5) is 2.94. The van der Waals surface area contributed by atoms with E-state index >= 15 is 0 Å². The van der Waals surface area contributed by atoms with E-state index in [0.717, 1.165) is 23.9 Å². The molecule has 2 unspecified atom stereocenters. The first-order chi connectivity index (χ1) is 10.1. The number of rotatable bonds is 3. The minimum Gasteiger partial charge on any atom is -0.311 e. The van der Waals surface area contributed by atoms with Gasteiger partial charge < -0.3 is 5.32 Å². The van der Waals surface area contributed by atoms with Gasteiger partial charge in [-0.3, -0.25) is 4.90 Å². The van der Waals surface area contributed by atoms with Gasteiger partial charge in [-0.1, -0.05) is 46.0 Å². The van der Waals surface area contributed by atoms with Gasteiger partial charge in [0.2, 0.25) is 0 Å². The fourth-order valence-corrected chi connectivity index (χ4v) is 5.29. The van der Waals surface area contributed by atoms with E-state index in [1.54, 1.807) is 0 Å². The molecule has 0 aromatic rings. The van der Waals surface area contributed by atoms with E-state index in [-0.39, 0.29) is 0 Å². The van der Waals surface area contributed by atoms with Crippen molar-refractivity contribution < 1.29 is 0 Å². The molecule has 0 radical (unpaired) electrons. The Labute approximate surface area is 132 Å². The zero-order chi connectivity index (χ0) is 14.9. The van der Waals surface area contributed by atoms with Crippen LogP contribution in [0.1, 0.15) is 78.6 Å². The largest absolute Gasteiger partial charge is 0.311 e. The molecule has 0 aromatic heterocycles. The highest BCUT2D eigenvalue weighted by Crippen LogP contribution is 2.39. The molecular formula is C19H36N2. The van der Waals surface area contributed by atoms with Crippen molar-refractivity contribution in [3.8, 4) is 0 Å². The lowest BCUT2D eigenvalue weighted by Crippen LogP contribution is -2.65. The lowest BCUT2D eigenvalue weighted by Gasteiger charge is -2.52. The molecule has 1 N–H and O–H groups in total. The molecule has 2 atom stereocenters. The van der Waals surface area contributed by atoms with Crippen molar-refractivity contribution in [3.05, 3.63) is 0 Å². The average molecular weight is 293 g/mol. The maximum Gasteiger partial charge on any atom is 0.0249 e. The molecule has 1 saturated heterocycles. The Bertz CT molecular complexity index is 326. The molecule has 0 spiro atoms. The third kappa shape index (κ3) is 3.32. The summed E-state index contributed by atoms with van der Waals surface area (Å²) in [5.74, 6) is 1.71. The van der Waals surface area contributed by atoms with Gasteiger partial charge in [-0.15, -0.1) is 0 Å². The maximum atomic E-state index is 3.95. The lowest BCUT2D eigenvalue weighted by molar-refractivity contribution is -0.00923. The van der Waals surface area contributed by atoms with Crippen LogP contribution in [0.2, 0.25) is 0 Å². The molecule has 1 heterocycles. The summed E-state index contributed by atoms with van der Waals surface area (Å²) in [6.07, 6.45) is 13.1. The molecule has 2 heteroatoms. The quantitative estimate of drug-likeness (QED) is 0.839. The van der Waals surface area contributed by atoms with Crippen molar-refractivity contribution in [2.75, 3.05) is 13.1 Å². The van der Waals surface area contributed by atoms with Gasteiger partial charge >= 0.3 is 0 Å². The molecule has 2 saturated carbocycles. The summed E-state index contributed by atoms with van der Waals surface area (Å²) in [5.41, 5.74) is 0.490. The normalized spacial score (nSPS) is 35.4. The first-order valence-corrected chi connectivity index (χ1v) is 9.60. The Kier molecular flexibility index (Phi) is 4.95. The average Bonchev–Trinajstić information content (AvgIpc) is 2.95. The van der Waals surface area contributed by atoms with E-state index in [9.17, 15) is 0 Å². The van der Waals surface area contributed by atoms with Gasteiger partial charge in [0.1, 0.15) is 0 Å². The maximum absolute atomic E-state index is 3.95. The molecule has 21 heavy (non-hydrogen) atoms. The van der Waals surface area contributed by atoms with Crippen LogP contribution in [-0.2, 0) is 0 Å². The summed E-state index contributed by atoms with van der Waals surface area (Å²) in [7, 11) is 0. The van der Waals surface area contributed by atoms with Gasteiger partial charge in [0.15, 0.2) is 0 Å². The zero-order valence-electron chi connectivity index (χ0n) is 14.5. The number of nitrogens with one attached hydrogen (secondary N) is 1. The lowest BCUT2D eigenvalue weighted by atomic mass is 9.80. The standard InChI is InChI=1S/C19H36N2/c1-15(2)18-13-20-17(16-9-5-4-6-10-16)14-21(18)19(3)11-7-8-12-19/h15-18,20H,4-14H2,1-3H3. The van der Waals surface area contributed by atoms with Gasteiger partial charge in [-0.2, -0.15) is 0 Å². The molecule has 3 rings (SSSR count). The molecule has 1 aliphatic heterocycles. The van der Waals surface area contributed by atoms with Crippen LogP contribution in [0, 0.1) is 11.8 Å². The Morgan fingerprint density at radius 3 is 2.29 bits per heavy atom. The zero-order valence-corrected chi connectivity index (χ0v) is 14.5. The van der Waals surface area contributed by atoms with Crippen LogP contribution in [0.3, 0.4) is 0 Å². The van der Waals surface area contributed by atoms with Crippen LogP contribution in [0.15, 0.2) is 0 Å². The minimum atomic E-state index is 0.490. The van der Waals surface area contributed by atoms with Gasteiger partial charge in [0.25, 0.3) is 0 Å². The third-order valence-corrected chi connectivity index (χ3v) is 6.75. The fraction of sp³-hybridized carbons (Fsp3) is 1.00. The Hall–Kier alpha value is -0.0800. The highest BCUT2D eigenvalue weighted by atomic mass is 15.3. The summed E-state index contributed by atoms with van der Waals surface area (Å²) in [6, 6.07) is 1.51. The summed E-state index contributed by atoms with van der Waals surface area (Å²) < 4.78 is 0. The summed E-state index contributed by atoms with van der Waals surface area (Å²) >= 11 is 0. The molecule has 0 aromatic carbocycles. The van der Waals surface area contributed by atoms with Gasteiger partial charge in [-0.25, -0.2) is 0 Å². The summed E-state index contributed by atoms with van der Waals surface area (Å²) in [5, 5.41) is 3.95. The van der Waals surface area contributed by atoms with Crippen LogP contribution in [-0.4, -0.2) is 35.6 Å². The van der Waals surface area contributed by atoms with Crippen LogP contribution < -0.4 is 5.32 Å². The third-order valence-electron chi connectivity index (χ3n) is 6.75. The van der Waals surface area contributed by atoms with Gasteiger partial charge in [-0.05, 0) is 44.4 Å². The highest BCUT2D eigenvalue weighted by molar-refractivity contribution is 5.01. The summed E-state index contributed by atoms with van der Waals surface area (Å²) in [6.45, 7) is 9.91. The van der Waals surface area contributed by atoms with E-state index < -0.39 is 0 Å². The molecule has 122 valence electrons. The number of hydrogen-bond acceptors (Lipinski definition) is 2. The molecule has 0 amide bonds. The SMILES string of the molecule is CC(C)C1CNC(C2CCCCC2)CN1C1(C)CCCC1. The number of piperazine rings is 1. The number of hydrogen-bond donors (Lipinski definition) is 1. The van der Waals surface area contributed by atoms with Gasteiger partial charge in [0.05, 0.1) is 0 Å². The highest BCUT2D eigenvalue weighted by Gasteiger charge is 2.43. The van der Waals surface area contributed by atoms with E-state index in [2.05, 4.69) is 31.0 Å². The number of nitrogens with zero attached hydrogens (tertiary/aromatic N) is 1. The Morgan fingerprint density at radius 2 is 1.67 bits per heavy atom. The van der Waals surface area contributed by atoms with E-state index in [4.69, 9.17) is 0 Å². The second kappa shape index (κ2) is 6.58. The van der Waals surface area contributed by atoms with E-state index in [0.29, 0.717) is 5.54 Å². The topological polar surface area (TPSA) is 15.3 Å². The molecular weight excluding hydrogens is 256 g/mol. The molecule has 2 aliphatic carbocycles. The molecule has 3 fully saturated rings. The van der Waals surface area contributed by atoms with Gasteiger partial charge in [0, 0.05) is 30.7 Å². The minimum absolute atomic E-state index is 0.490. The predicted molar refractivity (Wildman–Crippen MR) is 90.6 cm³/mol. The second-order valence-electron chi connectivity index (χ2n) is 8.58. The van der Waals surface area contributed by atoms with Crippen molar-refractivity contribution in [3.63, 3.8) is 0 Å². The molecule has 2 nitrogen and oxygen atoms in total. The first kappa shape index (κ1) is 15.8. The van der Waals surface area contributed by atoms with Crippen LogP contribution in [0.25, 0.3) is 0 Å². The Balaban J connectivity index is 1.72. The van der Waals surface area contributed by atoms with E-state index in [1.807, 2.05) is 0 Å². The molecule has 0 bridgehead atoms. The van der Waals surface area contributed by atoms with Crippen LogP contribution in [0.4, 0.5) is 0 Å². The van der Waals surface area contributed by atoms with Crippen molar-refractivity contribution >= 4 is 0 Å². The first-order valence-electron chi connectivity index (χ1n) is 9.60. The smallest absolute Gasteiger partial charge is 0.0249 e. The predicted octanol–water partition coefficient (Wildman–Crippen LogP) is 4.20. The van der Waals surface area contributed by atoms with Crippen molar-refractivity contribution in [2.45, 2.75) is 96.2 Å². The van der Waals surface area contributed by atoms with Crippen molar-refractivity contribution in [1.82, 2.24) is 10.2 Å². The van der Waals surface area contributed by atoms with Crippen molar-refractivity contribution in [2.24, 2.45) is 11.8 Å². The van der Waals surface area contributed by atoms with Crippen molar-refractivity contribution in [1.29, 1.82) is 0 Å². The molecule has 3 aliphatic rings. The Morgan fingerprint density at radius 1 is 1.00 bits per heavy atom. The monoisotopic (exact) mass is 292 g/mol. The van der Waals surface area contributed by atoms with Crippen LogP contribution in [0.5, 0.6) is 0 Å². The van der Waals surface area contributed by atoms with Crippen LogP contribution >= 0.6 is 0 Å².